The molecule has 0 fully saturated rings. The summed E-state index contributed by atoms with van der Waals surface area (Å²) in [5, 5.41) is 17.8. The number of allylic oxidation sites excluding steroid dienone is 1. The molecule has 0 aliphatic carbocycles. The summed E-state index contributed by atoms with van der Waals surface area (Å²) in [6.07, 6.45) is 1.71. The molecule has 0 amide bonds. The average Bonchev–Trinajstić information content (AvgIpc) is 2.04. The zero-order valence-corrected chi connectivity index (χ0v) is 9.32. The van der Waals surface area contributed by atoms with E-state index in [4.69, 9.17) is 10.2 Å². The maximum Gasteiger partial charge on any atom is 0.330 e. The van der Waals surface area contributed by atoms with Gasteiger partial charge in [-0.25, -0.2) is 4.79 Å². The van der Waals surface area contributed by atoms with E-state index in [9.17, 15) is 4.79 Å². The molecule has 82 valence electrons. The van der Waals surface area contributed by atoms with E-state index in [0.29, 0.717) is 11.5 Å². The molecule has 0 saturated carbocycles. The summed E-state index contributed by atoms with van der Waals surface area (Å²) in [4.78, 5) is 10.6. The number of rotatable bonds is 5. The van der Waals surface area contributed by atoms with Crippen molar-refractivity contribution >= 4 is 5.97 Å². The summed E-state index contributed by atoms with van der Waals surface area (Å²) in [7, 11) is 0. The molecule has 2 N–H and O–H groups in total. The molecular weight excluding hydrogens is 180 g/mol. The van der Waals surface area contributed by atoms with Crippen LogP contribution in [0.15, 0.2) is 11.6 Å². The quantitative estimate of drug-likeness (QED) is 0.666. The standard InChI is InChI=1S/C11H20O3/c1-7(2)10(6-12)8(3)5-9(4)11(13)14/h5,7-8,10,12H,6H2,1-4H3,(H,13,14). The summed E-state index contributed by atoms with van der Waals surface area (Å²) >= 11 is 0. The Morgan fingerprint density at radius 3 is 2.14 bits per heavy atom. The molecule has 0 saturated heterocycles. The van der Waals surface area contributed by atoms with Crippen molar-refractivity contribution in [2.24, 2.45) is 17.8 Å². The number of carbonyl (C=O) groups is 1. The Balaban J connectivity index is 4.52. The van der Waals surface area contributed by atoms with Crippen molar-refractivity contribution in [3.63, 3.8) is 0 Å². The Hall–Kier alpha value is -0.830. The van der Waals surface area contributed by atoms with E-state index < -0.39 is 5.97 Å². The van der Waals surface area contributed by atoms with Gasteiger partial charge in [0.1, 0.15) is 0 Å². The van der Waals surface area contributed by atoms with Crippen molar-refractivity contribution in [3.8, 4) is 0 Å². The minimum Gasteiger partial charge on any atom is -0.478 e. The van der Waals surface area contributed by atoms with Gasteiger partial charge in [-0.1, -0.05) is 26.8 Å². The van der Waals surface area contributed by atoms with Crippen LogP contribution in [0.2, 0.25) is 0 Å². The van der Waals surface area contributed by atoms with Gasteiger partial charge in [0, 0.05) is 12.2 Å². The number of carboxylic acid groups (broad SMARTS) is 1. The van der Waals surface area contributed by atoms with Crippen LogP contribution in [0.5, 0.6) is 0 Å². The van der Waals surface area contributed by atoms with E-state index >= 15 is 0 Å². The van der Waals surface area contributed by atoms with Gasteiger partial charge in [0.05, 0.1) is 0 Å². The molecule has 14 heavy (non-hydrogen) atoms. The Labute approximate surface area is 85.4 Å². The van der Waals surface area contributed by atoms with Gasteiger partial charge in [0.15, 0.2) is 0 Å². The van der Waals surface area contributed by atoms with Gasteiger partial charge < -0.3 is 10.2 Å². The first-order chi connectivity index (χ1) is 6.40. The highest BCUT2D eigenvalue weighted by Gasteiger charge is 2.19. The monoisotopic (exact) mass is 200 g/mol. The van der Waals surface area contributed by atoms with E-state index in [-0.39, 0.29) is 18.4 Å². The first kappa shape index (κ1) is 13.2. The van der Waals surface area contributed by atoms with Crippen molar-refractivity contribution in [2.45, 2.75) is 27.7 Å². The van der Waals surface area contributed by atoms with Crippen LogP contribution in [0.4, 0.5) is 0 Å². The lowest BCUT2D eigenvalue weighted by atomic mass is 9.84. The highest BCUT2D eigenvalue weighted by molar-refractivity contribution is 5.85. The number of carboxylic acids is 1. The summed E-state index contributed by atoms with van der Waals surface area (Å²) < 4.78 is 0. The summed E-state index contributed by atoms with van der Waals surface area (Å²) in [6, 6.07) is 0. The third kappa shape index (κ3) is 3.92. The molecule has 0 spiro atoms. The average molecular weight is 200 g/mol. The van der Waals surface area contributed by atoms with Crippen LogP contribution in [0, 0.1) is 17.8 Å². The number of hydrogen-bond donors (Lipinski definition) is 2. The van der Waals surface area contributed by atoms with Gasteiger partial charge >= 0.3 is 5.97 Å². The molecule has 0 aliphatic heterocycles. The second-order valence-electron chi connectivity index (χ2n) is 4.10. The van der Waals surface area contributed by atoms with Gasteiger partial charge in [0.2, 0.25) is 0 Å². The number of hydrogen-bond acceptors (Lipinski definition) is 2. The maximum absolute atomic E-state index is 10.6. The first-order valence-electron chi connectivity index (χ1n) is 4.92. The Morgan fingerprint density at radius 2 is 1.86 bits per heavy atom. The fraction of sp³-hybridized carbons (Fsp3) is 0.727. The fourth-order valence-corrected chi connectivity index (χ4v) is 1.57. The largest absolute Gasteiger partial charge is 0.478 e. The molecule has 0 bridgehead atoms. The molecule has 0 aromatic rings. The van der Waals surface area contributed by atoms with Crippen LogP contribution in [0.1, 0.15) is 27.7 Å². The SMILES string of the molecule is CC(=CC(C)C(CO)C(C)C)C(=O)O. The summed E-state index contributed by atoms with van der Waals surface area (Å²) in [5.41, 5.74) is 0.344. The lowest BCUT2D eigenvalue weighted by Gasteiger charge is -2.23. The summed E-state index contributed by atoms with van der Waals surface area (Å²) in [5.74, 6) is -0.314. The normalized spacial score (nSPS) is 16.9. The Kier molecular flexibility index (Phi) is 5.46. The first-order valence-corrected chi connectivity index (χ1v) is 4.92. The molecule has 0 aromatic heterocycles. The Bertz CT molecular complexity index is 219. The maximum atomic E-state index is 10.6. The van der Waals surface area contributed by atoms with Crippen LogP contribution in [-0.4, -0.2) is 22.8 Å². The molecule has 2 unspecified atom stereocenters. The highest BCUT2D eigenvalue weighted by Crippen LogP contribution is 2.22. The van der Waals surface area contributed by atoms with Crippen LogP contribution in [-0.2, 0) is 4.79 Å². The van der Waals surface area contributed by atoms with Gasteiger partial charge in [-0.05, 0) is 24.7 Å². The molecule has 3 nitrogen and oxygen atoms in total. The topological polar surface area (TPSA) is 57.5 Å². The molecule has 3 heteroatoms. The van der Waals surface area contributed by atoms with Crippen molar-refractivity contribution < 1.29 is 15.0 Å². The minimum absolute atomic E-state index is 0.0936. The van der Waals surface area contributed by atoms with Crippen molar-refractivity contribution in [2.75, 3.05) is 6.61 Å². The van der Waals surface area contributed by atoms with E-state index in [1.165, 1.54) is 0 Å². The molecular formula is C11H20O3. The second-order valence-corrected chi connectivity index (χ2v) is 4.10. The third-order valence-electron chi connectivity index (χ3n) is 2.59. The number of aliphatic carboxylic acids is 1. The molecule has 0 aliphatic rings. The van der Waals surface area contributed by atoms with Crippen molar-refractivity contribution in [3.05, 3.63) is 11.6 Å². The van der Waals surface area contributed by atoms with E-state index in [1.54, 1.807) is 13.0 Å². The third-order valence-corrected chi connectivity index (χ3v) is 2.59. The van der Waals surface area contributed by atoms with Gasteiger partial charge in [-0.2, -0.15) is 0 Å². The zero-order valence-electron chi connectivity index (χ0n) is 9.32. The molecule has 0 aromatic carbocycles. The van der Waals surface area contributed by atoms with Crippen molar-refractivity contribution in [1.29, 1.82) is 0 Å². The second kappa shape index (κ2) is 5.81. The Morgan fingerprint density at radius 1 is 1.36 bits per heavy atom. The van der Waals surface area contributed by atoms with Gasteiger partial charge in [0.25, 0.3) is 0 Å². The predicted molar refractivity (Wildman–Crippen MR) is 56.0 cm³/mol. The highest BCUT2D eigenvalue weighted by atomic mass is 16.4. The van der Waals surface area contributed by atoms with E-state index in [1.807, 2.05) is 20.8 Å². The number of aliphatic hydroxyl groups excluding tert-OH is 1. The van der Waals surface area contributed by atoms with Gasteiger partial charge in [-0.15, -0.1) is 0 Å². The van der Waals surface area contributed by atoms with E-state index in [2.05, 4.69) is 0 Å². The zero-order chi connectivity index (χ0) is 11.3. The van der Waals surface area contributed by atoms with Crippen molar-refractivity contribution in [1.82, 2.24) is 0 Å². The van der Waals surface area contributed by atoms with Gasteiger partial charge in [-0.3, -0.25) is 0 Å². The summed E-state index contributed by atoms with van der Waals surface area (Å²) in [6.45, 7) is 7.67. The molecule has 2 atom stereocenters. The lowest BCUT2D eigenvalue weighted by molar-refractivity contribution is -0.132. The van der Waals surface area contributed by atoms with Crippen LogP contribution < -0.4 is 0 Å². The van der Waals surface area contributed by atoms with Crippen LogP contribution in [0.25, 0.3) is 0 Å². The molecule has 0 radical (unpaired) electrons. The molecule has 0 rings (SSSR count). The lowest BCUT2D eigenvalue weighted by Crippen LogP contribution is -2.21. The predicted octanol–water partition coefficient (Wildman–Crippen LogP) is 1.92. The fourth-order valence-electron chi connectivity index (χ4n) is 1.57. The van der Waals surface area contributed by atoms with E-state index in [0.717, 1.165) is 0 Å². The smallest absolute Gasteiger partial charge is 0.330 e. The number of aliphatic hydroxyl groups is 1. The van der Waals surface area contributed by atoms with Crippen LogP contribution >= 0.6 is 0 Å². The molecule has 0 heterocycles. The minimum atomic E-state index is -0.891. The van der Waals surface area contributed by atoms with Crippen LogP contribution in [0.3, 0.4) is 0 Å².